The van der Waals surface area contributed by atoms with Crippen LogP contribution in [0.1, 0.15) is 27.3 Å². The van der Waals surface area contributed by atoms with Crippen molar-refractivity contribution in [1.29, 1.82) is 0 Å². The summed E-state index contributed by atoms with van der Waals surface area (Å²) in [6.45, 7) is 4.01. The van der Waals surface area contributed by atoms with Gasteiger partial charge in [-0.2, -0.15) is 5.10 Å². The Morgan fingerprint density at radius 1 is 1.20 bits per heavy atom. The molecule has 0 unspecified atom stereocenters. The van der Waals surface area contributed by atoms with Crippen LogP contribution in [0, 0.1) is 19.7 Å². The maximum Gasteiger partial charge on any atom is 0.251 e. The lowest BCUT2D eigenvalue weighted by Gasteiger charge is -2.08. The van der Waals surface area contributed by atoms with Crippen molar-refractivity contribution in [2.24, 2.45) is 0 Å². The molecule has 2 aromatic heterocycles. The molecule has 0 aliphatic carbocycles. The Kier molecular flexibility index (Phi) is 4.47. The van der Waals surface area contributed by atoms with E-state index in [9.17, 15) is 14.0 Å². The first kappa shape index (κ1) is 16.6. The molecule has 25 heavy (non-hydrogen) atoms. The van der Waals surface area contributed by atoms with Crippen LogP contribution in [0.2, 0.25) is 0 Å². The summed E-state index contributed by atoms with van der Waals surface area (Å²) in [5.74, 6) is -0.941. The van der Waals surface area contributed by atoms with E-state index in [1.807, 2.05) is 13.8 Å². The van der Waals surface area contributed by atoms with Crippen LogP contribution < -0.4 is 10.9 Å². The van der Waals surface area contributed by atoms with Crippen LogP contribution in [0.15, 0.2) is 41.3 Å². The van der Waals surface area contributed by atoms with Gasteiger partial charge in [-0.15, -0.1) is 0 Å². The minimum Gasteiger partial charge on any atom is -0.348 e. The van der Waals surface area contributed by atoms with Crippen LogP contribution in [-0.2, 0) is 6.54 Å². The van der Waals surface area contributed by atoms with Crippen LogP contribution in [-0.4, -0.2) is 21.1 Å². The van der Waals surface area contributed by atoms with Gasteiger partial charge in [0.25, 0.3) is 5.91 Å². The first-order valence-corrected chi connectivity index (χ1v) is 7.72. The number of aryl methyl sites for hydroxylation is 2. The average molecular weight is 340 g/mol. The number of pyridine rings is 1. The molecule has 1 amide bonds. The summed E-state index contributed by atoms with van der Waals surface area (Å²) < 4.78 is 13.9. The maximum absolute atomic E-state index is 13.9. The van der Waals surface area contributed by atoms with Crippen molar-refractivity contribution in [1.82, 2.24) is 20.5 Å². The van der Waals surface area contributed by atoms with E-state index < -0.39 is 11.7 Å². The maximum atomic E-state index is 13.9. The van der Waals surface area contributed by atoms with Crippen molar-refractivity contribution >= 4 is 5.91 Å². The molecule has 0 atom stereocenters. The second kappa shape index (κ2) is 6.72. The van der Waals surface area contributed by atoms with Gasteiger partial charge in [-0.25, -0.2) is 4.39 Å². The third-order valence-corrected chi connectivity index (χ3v) is 3.97. The number of carbonyl (C=O) groups excluding carboxylic acids is 1. The van der Waals surface area contributed by atoms with Gasteiger partial charge in [0.1, 0.15) is 5.82 Å². The minimum absolute atomic E-state index is 0.189. The fourth-order valence-electron chi connectivity index (χ4n) is 2.62. The number of nitrogens with one attached hydrogen (secondary N) is 3. The molecule has 0 radical (unpaired) electrons. The highest BCUT2D eigenvalue weighted by molar-refractivity contribution is 5.95. The molecule has 1 aromatic carbocycles. The number of aromatic nitrogens is 3. The number of rotatable bonds is 4. The molecule has 0 saturated heterocycles. The highest BCUT2D eigenvalue weighted by Crippen LogP contribution is 2.21. The number of hydrogen-bond acceptors (Lipinski definition) is 3. The van der Waals surface area contributed by atoms with Crippen LogP contribution in [0.4, 0.5) is 4.39 Å². The van der Waals surface area contributed by atoms with E-state index in [-0.39, 0.29) is 11.1 Å². The van der Waals surface area contributed by atoms with E-state index in [0.717, 1.165) is 17.0 Å². The quantitative estimate of drug-likeness (QED) is 0.681. The molecular formula is C18H17FN4O2. The summed E-state index contributed by atoms with van der Waals surface area (Å²) in [5.41, 5.74) is 3.49. The lowest BCUT2D eigenvalue weighted by molar-refractivity contribution is 0.0950. The SMILES string of the molecule is Cc1n[nH]c(C)c1CNC(=O)c1cc(F)cc(-c2cc[nH]c(=O)c2)c1. The number of nitrogens with zero attached hydrogens (tertiary/aromatic N) is 1. The van der Waals surface area contributed by atoms with Crippen molar-refractivity contribution in [3.8, 4) is 11.1 Å². The summed E-state index contributed by atoms with van der Waals surface area (Å²) in [7, 11) is 0. The van der Waals surface area contributed by atoms with Crippen molar-refractivity contribution in [2.75, 3.05) is 0 Å². The standard InChI is InChI=1S/C18H17FN4O2/c1-10-16(11(2)23-22-10)9-21-18(25)14-5-13(6-15(19)7-14)12-3-4-20-17(24)8-12/h3-8H,9H2,1-2H3,(H,20,24)(H,21,25)(H,22,23). The van der Waals surface area contributed by atoms with Gasteiger partial charge in [0.15, 0.2) is 0 Å². The third-order valence-electron chi connectivity index (χ3n) is 3.97. The third kappa shape index (κ3) is 3.65. The number of aromatic amines is 2. The topological polar surface area (TPSA) is 90.6 Å². The lowest BCUT2D eigenvalue weighted by atomic mass is 10.0. The minimum atomic E-state index is -0.543. The Morgan fingerprint density at radius 3 is 2.68 bits per heavy atom. The van der Waals surface area contributed by atoms with Crippen LogP contribution in [0.3, 0.4) is 0 Å². The van der Waals surface area contributed by atoms with Crippen molar-refractivity contribution in [3.63, 3.8) is 0 Å². The first-order chi connectivity index (χ1) is 11.9. The molecule has 7 heteroatoms. The molecule has 0 saturated carbocycles. The van der Waals surface area contributed by atoms with Crippen molar-refractivity contribution < 1.29 is 9.18 Å². The molecule has 2 heterocycles. The Balaban J connectivity index is 1.84. The van der Waals surface area contributed by atoms with Gasteiger partial charge in [-0.1, -0.05) is 0 Å². The Labute approximate surface area is 143 Å². The summed E-state index contributed by atoms with van der Waals surface area (Å²) in [5, 5.41) is 9.69. The van der Waals surface area contributed by atoms with Gasteiger partial charge in [-0.3, -0.25) is 14.7 Å². The largest absolute Gasteiger partial charge is 0.348 e. The van der Waals surface area contributed by atoms with Crippen molar-refractivity contribution in [2.45, 2.75) is 20.4 Å². The van der Waals surface area contributed by atoms with Crippen LogP contribution in [0.25, 0.3) is 11.1 Å². The number of amides is 1. The zero-order valence-corrected chi connectivity index (χ0v) is 13.8. The summed E-state index contributed by atoms with van der Waals surface area (Å²) in [4.78, 5) is 26.3. The van der Waals surface area contributed by atoms with E-state index in [0.29, 0.717) is 17.7 Å². The highest BCUT2D eigenvalue weighted by atomic mass is 19.1. The molecule has 0 aliphatic rings. The molecule has 3 N–H and O–H groups in total. The zero-order chi connectivity index (χ0) is 18.0. The van der Waals surface area contributed by atoms with E-state index in [1.54, 1.807) is 12.1 Å². The predicted molar refractivity (Wildman–Crippen MR) is 91.7 cm³/mol. The Hall–Kier alpha value is -3.22. The highest BCUT2D eigenvalue weighted by Gasteiger charge is 2.12. The number of hydrogen-bond donors (Lipinski definition) is 3. The molecule has 0 spiro atoms. The molecule has 0 aliphatic heterocycles. The van der Waals surface area contributed by atoms with E-state index in [4.69, 9.17) is 0 Å². The molecule has 6 nitrogen and oxygen atoms in total. The number of carbonyl (C=O) groups is 1. The van der Waals surface area contributed by atoms with E-state index >= 15 is 0 Å². The van der Waals surface area contributed by atoms with Gasteiger partial charge in [-0.05, 0) is 49.2 Å². The van der Waals surface area contributed by atoms with Gasteiger partial charge in [0.2, 0.25) is 5.56 Å². The van der Waals surface area contributed by atoms with E-state index in [2.05, 4.69) is 20.5 Å². The molecule has 128 valence electrons. The average Bonchev–Trinajstić information content (AvgIpc) is 2.90. The normalized spacial score (nSPS) is 10.7. The van der Waals surface area contributed by atoms with Gasteiger partial charge in [0, 0.05) is 35.6 Å². The summed E-state index contributed by atoms with van der Waals surface area (Å²) in [6.07, 6.45) is 1.48. The molecular weight excluding hydrogens is 323 g/mol. The molecule has 3 rings (SSSR count). The van der Waals surface area contributed by atoms with E-state index in [1.165, 1.54) is 24.4 Å². The number of benzene rings is 1. The van der Waals surface area contributed by atoms with Gasteiger partial charge in [0.05, 0.1) is 5.69 Å². The smallest absolute Gasteiger partial charge is 0.251 e. The summed E-state index contributed by atoms with van der Waals surface area (Å²) in [6, 6.07) is 7.02. The van der Waals surface area contributed by atoms with Crippen LogP contribution in [0.5, 0.6) is 0 Å². The Morgan fingerprint density at radius 2 is 2.00 bits per heavy atom. The Bertz CT molecular complexity index is 971. The zero-order valence-electron chi connectivity index (χ0n) is 13.8. The molecule has 0 fully saturated rings. The van der Waals surface area contributed by atoms with Crippen LogP contribution >= 0.6 is 0 Å². The number of halogens is 1. The number of H-pyrrole nitrogens is 2. The molecule has 0 bridgehead atoms. The molecule has 3 aromatic rings. The fraction of sp³-hybridized carbons (Fsp3) is 0.167. The summed E-state index contributed by atoms with van der Waals surface area (Å²) >= 11 is 0. The van der Waals surface area contributed by atoms with Gasteiger partial charge >= 0.3 is 0 Å². The second-order valence-electron chi connectivity index (χ2n) is 5.77. The van der Waals surface area contributed by atoms with Crippen molar-refractivity contribution in [3.05, 3.63) is 75.2 Å². The first-order valence-electron chi connectivity index (χ1n) is 7.72. The predicted octanol–water partition coefficient (Wildman–Crippen LogP) is 2.45. The monoisotopic (exact) mass is 340 g/mol. The second-order valence-corrected chi connectivity index (χ2v) is 5.77. The van der Waals surface area contributed by atoms with Gasteiger partial charge < -0.3 is 10.3 Å². The lowest BCUT2D eigenvalue weighted by Crippen LogP contribution is -2.23. The fourth-order valence-corrected chi connectivity index (χ4v) is 2.62.